The molecular formula is C13H18N2O. The number of nitrogen functional groups attached to an aromatic ring is 1. The summed E-state index contributed by atoms with van der Waals surface area (Å²) >= 11 is 0. The van der Waals surface area contributed by atoms with Gasteiger partial charge >= 0.3 is 0 Å². The molecule has 2 aromatic rings. The van der Waals surface area contributed by atoms with Gasteiger partial charge in [0.05, 0.1) is 5.52 Å². The van der Waals surface area contributed by atoms with Crippen LogP contribution in [-0.4, -0.2) is 10.1 Å². The summed E-state index contributed by atoms with van der Waals surface area (Å²) in [7, 11) is 0. The Kier molecular flexibility index (Phi) is 4.11. The summed E-state index contributed by atoms with van der Waals surface area (Å²) < 4.78 is 0. The van der Waals surface area contributed by atoms with Gasteiger partial charge < -0.3 is 10.8 Å². The average molecular weight is 218 g/mol. The molecule has 0 saturated heterocycles. The Bertz CT molecular complexity index is 481. The molecule has 0 aliphatic heterocycles. The van der Waals surface area contributed by atoms with Gasteiger partial charge in [0.1, 0.15) is 5.75 Å². The number of hydrogen-bond donors (Lipinski definition) is 2. The number of fused-ring (bicyclic) bond motifs is 1. The van der Waals surface area contributed by atoms with Crippen molar-refractivity contribution in [3.8, 4) is 5.75 Å². The van der Waals surface area contributed by atoms with Crippen molar-refractivity contribution in [2.45, 2.75) is 27.2 Å². The van der Waals surface area contributed by atoms with E-state index in [1.807, 2.05) is 26.8 Å². The Hall–Kier alpha value is -1.77. The maximum atomic E-state index is 9.30. The molecule has 3 nitrogen and oxygen atoms in total. The highest BCUT2D eigenvalue weighted by Gasteiger charge is 2.02. The molecule has 3 N–H and O–H groups in total. The second-order valence-electron chi connectivity index (χ2n) is 3.26. The largest absolute Gasteiger partial charge is 0.508 e. The normalized spacial score (nSPS) is 9.69. The van der Waals surface area contributed by atoms with Gasteiger partial charge in [-0.05, 0) is 30.7 Å². The summed E-state index contributed by atoms with van der Waals surface area (Å²) in [5.74, 6) is 0.218. The van der Waals surface area contributed by atoms with Crippen LogP contribution in [0.25, 0.3) is 10.9 Å². The number of hydrogen-bond acceptors (Lipinski definition) is 3. The van der Waals surface area contributed by atoms with Crippen LogP contribution in [0.4, 0.5) is 5.69 Å². The molecule has 0 radical (unpaired) electrons. The monoisotopic (exact) mass is 218 g/mol. The summed E-state index contributed by atoms with van der Waals surface area (Å²) in [6.45, 7) is 6.04. The minimum Gasteiger partial charge on any atom is -0.508 e. The van der Waals surface area contributed by atoms with Gasteiger partial charge in [0, 0.05) is 16.8 Å². The fourth-order valence-electron chi connectivity index (χ4n) is 1.48. The molecule has 0 fully saturated rings. The van der Waals surface area contributed by atoms with Crippen molar-refractivity contribution in [2.75, 3.05) is 5.73 Å². The van der Waals surface area contributed by atoms with E-state index in [1.54, 1.807) is 18.2 Å². The zero-order chi connectivity index (χ0) is 12.1. The first-order valence-corrected chi connectivity index (χ1v) is 5.59. The Morgan fingerprint density at radius 1 is 1.25 bits per heavy atom. The smallest absolute Gasteiger partial charge is 0.116 e. The standard InChI is InChI=1S/C11H12N2O.C2H6/c1-2-7-5-10(12)9-6-8(14)3-4-11(9)13-7;1-2/h3-6,14H,2H2,1H3,(H2,12,13);1-2H3. The van der Waals surface area contributed by atoms with Crippen LogP contribution >= 0.6 is 0 Å². The first-order valence-electron chi connectivity index (χ1n) is 5.59. The number of aryl methyl sites for hydroxylation is 1. The fraction of sp³-hybridized carbons (Fsp3) is 0.308. The van der Waals surface area contributed by atoms with Crippen molar-refractivity contribution in [2.24, 2.45) is 0 Å². The molecule has 0 spiro atoms. The predicted molar refractivity (Wildman–Crippen MR) is 68.5 cm³/mol. The second kappa shape index (κ2) is 5.35. The fourth-order valence-corrected chi connectivity index (χ4v) is 1.48. The SMILES string of the molecule is CC.CCc1cc(N)c2cc(O)ccc2n1. The molecule has 1 heterocycles. The lowest BCUT2D eigenvalue weighted by Gasteiger charge is -2.04. The van der Waals surface area contributed by atoms with Gasteiger partial charge in [-0.1, -0.05) is 20.8 Å². The molecule has 1 aromatic carbocycles. The van der Waals surface area contributed by atoms with Gasteiger partial charge in [-0.25, -0.2) is 0 Å². The van der Waals surface area contributed by atoms with E-state index in [4.69, 9.17) is 5.73 Å². The third kappa shape index (κ3) is 2.42. The van der Waals surface area contributed by atoms with E-state index in [0.29, 0.717) is 5.69 Å². The van der Waals surface area contributed by atoms with Gasteiger partial charge in [0.25, 0.3) is 0 Å². The number of aromatic nitrogens is 1. The first-order chi connectivity index (χ1) is 7.70. The zero-order valence-electron chi connectivity index (χ0n) is 9.99. The molecule has 16 heavy (non-hydrogen) atoms. The van der Waals surface area contributed by atoms with E-state index in [-0.39, 0.29) is 5.75 Å². The molecule has 86 valence electrons. The molecule has 0 unspecified atom stereocenters. The Balaban J connectivity index is 0.000000606. The highest BCUT2D eigenvalue weighted by Crippen LogP contribution is 2.24. The van der Waals surface area contributed by atoms with Crippen LogP contribution in [0.2, 0.25) is 0 Å². The molecule has 0 bridgehead atoms. The summed E-state index contributed by atoms with van der Waals surface area (Å²) in [4.78, 5) is 4.40. The topological polar surface area (TPSA) is 59.1 Å². The number of nitrogens with two attached hydrogens (primary N) is 1. The van der Waals surface area contributed by atoms with Crippen molar-refractivity contribution >= 4 is 16.6 Å². The number of aromatic hydroxyl groups is 1. The van der Waals surface area contributed by atoms with E-state index in [1.165, 1.54) is 0 Å². The highest BCUT2D eigenvalue weighted by molar-refractivity contribution is 5.91. The van der Waals surface area contributed by atoms with Crippen molar-refractivity contribution in [1.29, 1.82) is 0 Å². The molecule has 0 amide bonds. The van der Waals surface area contributed by atoms with Crippen LogP contribution in [0.15, 0.2) is 24.3 Å². The predicted octanol–water partition coefficient (Wildman–Crippen LogP) is 3.11. The Morgan fingerprint density at radius 3 is 2.56 bits per heavy atom. The summed E-state index contributed by atoms with van der Waals surface area (Å²) in [6, 6.07) is 6.88. The quantitative estimate of drug-likeness (QED) is 0.773. The van der Waals surface area contributed by atoms with Crippen molar-refractivity contribution in [1.82, 2.24) is 4.98 Å². The Morgan fingerprint density at radius 2 is 1.94 bits per heavy atom. The lowest BCUT2D eigenvalue weighted by atomic mass is 10.1. The number of rotatable bonds is 1. The number of pyridine rings is 1. The molecule has 0 saturated carbocycles. The van der Waals surface area contributed by atoms with Gasteiger partial charge in [0.2, 0.25) is 0 Å². The van der Waals surface area contributed by atoms with E-state index in [9.17, 15) is 5.11 Å². The third-order valence-corrected chi connectivity index (χ3v) is 2.24. The molecule has 3 heteroatoms. The summed E-state index contributed by atoms with van der Waals surface area (Å²) in [5, 5.41) is 10.1. The van der Waals surface area contributed by atoms with E-state index in [2.05, 4.69) is 4.98 Å². The highest BCUT2D eigenvalue weighted by atomic mass is 16.3. The Labute approximate surface area is 95.9 Å². The van der Waals surface area contributed by atoms with E-state index in [0.717, 1.165) is 23.0 Å². The maximum Gasteiger partial charge on any atom is 0.116 e. The van der Waals surface area contributed by atoms with Crippen LogP contribution in [0.5, 0.6) is 5.75 Å². The minimum absolute atomic E-state index is 0.218. The van der Waals surface area contributed by atoms with E-state index >= 15 is 0 Å². The third-order valence-electron chi connectivity index (χ3n) is 2.24. The minimum atomic E-state index is 0.218. The zero-order valence-corrected chi connectivity index (χ0v) is 9.99. The van der Waals surface area contributed by atoms with Crippen LogP contribution in [0.1, 0.15) is 26.5 Å². The van der Waals surface area contributed by atoms with Crippen molar-refractivity contribution in [3.05, 3.63) is 30.0 Å². The van der Waals surface area contributed by atoms with Crippen LogP contribution in [-0.2, 0) is 6.42 Å². The maximum absolute atomic E-state index is 9.30. The molecule has 0 aliphatic rings. The van der Waals surface area contributed by atoms with Gasteiger partial charge in [-0.15, -0.1) is 0 Å². The van der Waals surface area contributed by atoms with E-state index < -0.39 is 0 Å². The van der Waals surface area contributed by atoms with Crippen LogP contribution < -0.4 is 5.73 Å². The van der Waals surface area contributed by atoms with Gasteiger partial charge in [-0.3, -0.25) is 4.98 Å². The number of benzene rings is 1. The molecule has 1 aromatic heterocycles. The van der Waals surface area contributed by atoms with Gasteiger partial charge in [0.15, 0.2) is 0 Å². The lowest BCUT2D eigenvalue weighted by molar-refractivity contribution is 0.476. The molecular weight excluding hydrogens is 200 g/mol. The van der Waals surface area contributed by atoms with Crippen molar-refractivity contribution < 1.29 is 5.11 Å². The first kappa shape index (κ1) is 12.3. The number of phenols is 1. The molecule has 0 aliphatic carbocycles. The number of anilines is 1. The summed E-state index contributed by atoms with van der Waals surface area (Å²) in [6.07, 6.45) is 0.862. The number of phenolic OH excluding ortho intramolecular Hbond substituents is 1. The molecule has 2 rings (SSSR count). The summed E-state index contributed by atoms with van der Waals surface area (Å²) in [5.41, 5.74) is 8.33. The number of nitrogens with zero attached hydrogens (tertiary/aromatic N) is 1. The van der Waals surface area contributed by atoms with Crippen LogP contribution in [0.3, 0.4) is 0 Å². The second-order valence-corrected chi connectivity index (χ2v) is 3.26. The van der Waals surface area contributed by atoms with Gasteiger partial charge in [-0.2, -0.15) is 0 Å². The molecule has 0 atom stereocenters. The average Bonchev–Trinajstić information content (AvgIpc) is 2.32. The van der Waals surface area contributed by atoms with Crippen LogP contribution in [0, 0.1) is 0 Å². The van der Waals surface area contributed by atoms with Crippen molar-refractivity contribution in [3.63, 3.8) is 0 Å². The lowest BCUT2D eigenvalue weighted by Crippen LogP contribution is -1.94.